The Kier molecular flexibility index (Phi) is 5.84. The van der Waals surface area contributed by atoms with Crippen molar-refractivity contribution < 1.29 is 14.3 Å². The minimum atomic E-state index is -0.0796. The molecule has 1 aromatic rings. The molecule has 5 heteroatoms. The summed E-state index contributed by atoms with van der Waals surface area (Å²) in [5.41, 5.74) is 1.10. The first-order chi connectivity index (χ1) is 12.2. The smallest absolute Gasteiger partial charge is 0.239 e. The summed E-state index contributed by atoms with van der Waals surface area (Å²) in [5.74, 6) is 1.86. The average molecular weight is 346 g/mol. The Bertz CT molecular complexity index is 605. The quantitative estimate of drug-likeness (QED) is 0.712. The van der Waals surface area contributed by atoms with Gasteiger partial charge in [-0.3, -0.25) is 9.69 Å². The zero-order chi connectivity index (χ0) is 17.8. The number of benzene rings is 1. The molecule has 0 unspecified atom stereocenters. The molecule has 0 aliphatic carbocycles. The molecule has 0 N–H and O–H groups in total. The van der Waals surface area contributed by atoms with Gasteiger partial charge in [0.2, 0.25) is 5.91 Å². The number of carbonyl (C=O) groups excluding carboxylic acids is 1. The number of fused-ring (bicyclic) bond motifs is 1. The monoisotopic (exact) mass is 346 g/mol. The molecule has 25 heavy (non-hydrogen) atoms. The third kappa shape index (κ3) is 3.76. The van der Waals surface area contributed by atoms with E-state index in [0.717, 1.165) is 62.4 Å². The van der Waals surface area contributed by atoms with E-state index in [1.807, 2.05) is 19.1 Å². The second-order valence-corrected chi connectivity index (χ2v) is 7.08. The van der Waals surface area contributed by atoms with Crippen LogP contribution in [0.4, 0.5) is 0 Å². The van der Waals surface area contributed by atoms with Crippen LogP contribution in [0.1, 0.15) is 45.1 Å². The number of carbonyl (C=O) groups is 1. The number of para-hydroxylation sites is 1. The van der Waals surface area contributed by atoms with Gasteiger partial charge in [-0.25, -0.2) is 0 Å². The molecule has 5 nitrogen and oxygen atoms in total. The van der Waals surface area contributed by atoms with Crippen LogP contribution in [0.2, 0.25) is 0 Å². The van der Waals surface area contributed by atoms with E-state index in [9.17, 15) is 4.79 Å². The normalized spacial score (nSPS) is 23.6. The molecule has 2 atom stereocenters. The summed E-state index contributed by atoms with van der Waals surface area (Å²) >= 11 is 0. The number of nitrogens with zero attached hydrogens (tertiary/aromatic N) is 2. The molecular formula is C20H30N2O3. The van der Waals surface area contributed by atoms with Crippen LogP contribution in [-0.4, -0.2) is 54.6 Å². The lowest BCUT2D eigenvalue weighted by Gasteiger charge is -2.41. The SMILES string of the molecule is CCCCOc1c(CN2C[C@@H]3CCCN3C(=O)[C@H]2C)cccc1OC. The van der Waals surface area contributed by atoms with Crippen molar-refractivity contribution in [1.82, 2.24) is 9.80 Å². The molecule has 3 rings (SSSR count). The topological polar surface area (TPSA) is 42.0 Å². The van der Waals surface area contributed by atoms with Crippen molar-refractivity contribution in [2.24, 2.45) is 0 Å². The Labute approximate surface area is 150 Å². The summed E-state index contributed by atoms with van der Waals surface area (Å²) in [4.78, 5) is 17.0. The maximum atomic E-state index is 12.7. The molecule has 2 heterocycles. The van der Waals surface area contributed by atoms with Gasteiger partial charge < -0.3 is 14.4 Å². The van der Waals surface area contributed by atoms with E-state index in [4.69, 9.17) is 9.47 Å². The molecule has 1 amide bonds. The average Bonchev–Trinajstić information content (AvgIpc) is 3.09. The van der Waals surface area contributed by atoms with Gasteiger partial charge in [0.1, 0.15) is 0 Å². The van der Waals surface area contributed by atoms with Crippen molar-refractivity contribution in [3.8, 4) is 11.5 Å². The Hall–Kier alpha value is -1.75. The summed E-state index contributed by atoms with van der Waals surface area (Å²) in [6, 6.07) is 6.32. The maximum absolute atomic E-state index is 12.7. The number of hydrogen-bond donors (Lipinski definition) is 0. The van der Waals surface area contributed by atoms with Crippen LogP contribution in [0.3, 0.4) is 0 Å². The van der Waals surface area contributed by atoms with Crippen molar-refractivity contribution in [1.29, 1.82) is 0 Å². The van der Waals surface area contributed by atoms with Crippen molar-refractivity contribution in [2.45, 2.75) is 58.2 Å². The summed E-state index contributed by atoms with van der Waals surface area (Å²) in [6.07, 6.45) is 4.36. The summed E-state index contributed by atoms with van der Waals surface area (Å²) < 4.78 is 11.5. The van der Waals surface area contributed by atoms with Crippen LogP contribution < -0.4 is 9.47 Å². The first-order valence-electron chi connectivity index (χ1n) is 9.49. The molecule has 2 aliphatic heterocycles. The van der Waals surface area contributed by atoms with Crippen LogP contribution >= 0.6 is 0 Å². The Morgan fingerprint density at radius 3 is 2.92 bits per heavy atom. The number of piperazine rings is 1. The number of rotatable bonds is 7. The highest BCUT2D eigenvalue weighted by atomic mass is 16.5. The van der Waals surface area contributed by atoms with Crippen molar-refractivity contribution in [2.75, 3.05) is 26.8 Å². The number of ether oxygens (including phenoxy) is 2. The van der Waals surface area contributed by atoms with Crippen LogP contribution in [0.5, 0.6) is 11.5 Å². The molecule has 1 aromatic carbocycles. The molecule has 0 bridgehead atoms. The number of unbranched alkanes of at least 4 members (excludes halogenated alkanes) is 1. The second-order valence-electron chi connectivity index (χ2n) is 7.08. The molecule has 2 saturated heterocycles. The zero-order valence-electron chi connectivity index (χ0n) is 15.7. The standard InChI is InChI=1S/C20H30N2O3/c1-4-5-12-25-19-16(8-6-10-18(19)24-3)13-21-14-17-9-7-11-22(17)20(23)15(21)2/h6,8,10,15,17H,4-5,7,9,11-14H2,1-3H3/t15-,17+/m1/s1. The highest BCUT2D eigenvalue weighted by Gasteiger charge is 2.40. The van der Waals surface area contributed by atoms with Gasteiger partial charge in [0.25, 0.3) is 0 Å². The summed E-state index contributed by atoms with van der Waals surface area (Å²) in [6.45, 7) is 7.45. The van der Waals surface area contributed by atoms with Gasteiger partial charge in [-0.05, 0) is 32.3 Å². The number of amides is 1. The first kappa shape index (κ1) is 18.1. The van der Waals surface area contributed by atoms with Gasteiger partial charge in [0.15, 0.2) is 11.5 Å². The Balaban J connectivity index is 1.78. The minimum Gasteiger partial charge on any atom is -0.493 e. The minimum absolute atomic E-state index is 0.0796. The predicted molar refractivity (Wildman–Crippen MR) is 98.0 cm³/mol. The molecule has 0 saturated carbocycles. The van der Waals surface area contributed by atoms with E-state index in [1.54, 1.807) is 7.11 Å². The van der Waals surface area contributed by atoms with E-state index in [1.165, 1.54) is 0 Å². The van der Waals surface area contributed by atoms with Crippen LogP contribution in [-0.2, 0) is 11.3 Å². The highest BCUT2D eigenvalue weighted by Crippen LogP contribution is 2.34. The molecule has 0 aromatic heterocycles. The Morgan fingerprint density at radius 1 is 1.32 bits per heavy atom. The van der Waals surface area contributed by atoms with E-state index in [2.05, 4.69) is 22.8 Å². The van der Waals surface area contributed by atoms with Gasteiger partial charge in [-0.15, -0.1) is 0 Å². The van der Waals surface area contributed by atoms with E-state index < -0.39 is 0 Å². The fourth-order valence-electron chi connectivity index (χ4n) is 3.89. The fourth-order valence-corrected chi connectivity index (χ4v) is 3.89. The largest absolute Gasteiger partial charge is 0.493 e. The van der Waals surface area contributed by atoms with E-state index in [-0.39, 0.29) is 11.9 Å². The second kappa shape index (κ2) is 8.09. The van der Waals surface area contributed by atoms with Crippen LogP contribution in [0.15, 0.2) is 18.2 Å². The predicted octanol–water partition coefficient (Wildman–Crippen LogP) is 3.07. The van der Waals surface area contributed by atoms with Crippen LogP contribution in [0.25, 0.3) is 0 Å². The molecular weight excluding hydrogens is 316 g/mol. The van der Waals surface area contributed by atoms with E-state index in [0.29, 0.717) is 12.6 Å². The molecule has 0 spiro atoms. The highest BCUT2D eigenvalue weighted by molar-refractivity contribution is 5.83. The summed E-state index contributed by atoms with van der Waals surface area (Å²) in [5, 5.41) is 0. The maximum Gasteiger partial charge on any atom is 0.239 e. The van der Waals surface area contributed by atoms with Gasteiger partial charge in [-0.1, -0.05) is 25.5 Å². The van der Waals surface area contributed by atoms with Crippen molar-refractivity contribution >= 4 is 5.91 Å². The lowest BCUT2D eigenvalue weighted by molar-refractivity contribution is -0.143. The lowest BCUT2D eigenvalue weighted by Crippen LogP contribution is -2.58. The van der Waals surface area contributed by atoms with Crippen molar-refractivity contribution in [3.63, 3.8) is 0 Å². The fraction of sp³-hybridized carbons (Fsp3) is 0.650. The molecule has 2 aliphatic rings. The Morgan fingerprint density at radius 2 is 2.16 bits per heavy atom. The van der Waals surface area contributed by atoms with Crippen molar-refractivity contribution in [3.05, 3.63) is 23.8 Å². The number of hydrogen-bond acceptors (Lipinski definition) is 4. The summed E-state index contributed by atoms with van der Waals surface area (Å²) in [7, 11) is 1.68. The van der Waals surface area contributed by atoms with Gasteiger partial charge in [-0.2, -0.15) is 0 Å². The molecule has 0 radical (unpaired) electrons. The van der Waals surface area contributed by atoms with Gasteiger partial charge >= 0.3 is 0 Å². The molecule has 2 fully saturated rings. The van der Waals surface area contributed by atoms with E-state index >= 15 is 0 Å². The zero-order valence-corrected chi connectivity index (χ0v) is 15.7. The number of methoxy groups -OCH3 is 1. The molecule has 138 valence electrons. The van der Waals surface area contributed by atoms with Gasteiger partial charge in [0.05, 0.1) is 19.8 Å². The van der Waals surface area contributed by atoms with Gasteiger partial charge in [0, 0.05) is 31.2 Å². The lowest BCUT2D eigenvalue weighted by atomic mass is 10.1. The van der Waals surface area contributed by atoms with Crippen LogP contribution in [0, 0.1) is 0 Å². The third-order valence-electron chi connectivity index (χ3n) is 5.41. The first-order valence-corrected chi connectivity index (χ1v) is 9.49. The third-order valence-corrected chi connectivity index (χ3v) is 5.41.